The van der Waals surface area contributed by atoms with Crippen molar-refractivity contribution in [2.45, 2.75) is 19.9 Å². The molecule has 0 aliphatic heterocycles. The van der Waals surface area contributed by atoms with Gasteiger partial charge in [-0.15, -0.1) is 11.3 Å². The molecule has 2 nitrogen and oxygen atoms in total. The number of aryl methyl sites for hydroxylation is 2. The first kappa shape index (κ1) is 13.7. The van der Waals surface area contributed by atoms with Crippen molar-refractivity contribution in [2.75, 3.05) is 0 Å². The van der Waals surface area contributed by atoms with E-state index in [2.05, 4.69) is 21.4 Å². The van der Waals surface area contributed by atoms with Crippen LogP contribution < -0.4 is 11.3 Å². The number of halogens is 2. The van der Waals surface area contributed by atoms with Gasteiger partial charge in [0.2, 0.25) is 0 Å². The Morgan fingerprint density at radius 2 is 2.06 bits per heavy atom. The van der Waals surface area contributed by atoms with Gasteiger partial charge in [-0.05, 0) is 43.7 Å². The molecule has 0 aliphatic carbocycles. The van der Waals surface area contributed by atoms with Gasteiger partial charge in [0, 0.05) is 19.8 Å². The molecule has 0 bridgehead atoms. The maximum atomic E-state index is 13.9. The molecule has 0 fully saturated rings. The summed E-state index contributed by atoms with van der Waals surface area (Å²) >= 11 is 4.99. The minimum atomic E-state index is -0.320. The molecular formula is C13H14BrFN2S. The Kier molecular flexibility index (Phi) is 4.17. The SMILES string of the molecule is Cc1cc(C(NN)c2cc(Br)ccc2F)sc1C. The Labute approximate surface area is 118 Å². The Morgan fingerprint density at radius 3 is 2.61 bits per heavy atom. The number of hydrogen-bond donors (Lipinski definition) is 2. The number of benzene rings is 1. The van der Waals surface area contributed by atoms with Crippen LogP contribution in [0.5, 0.6) is 0 Å². The second-order valence-electron chi connectivity index (χ2n) is 4.15. The second kappa shape index (κ2) is 5.48. The lowest BCUT2D eigenvalue weighted by Gasteiger charge is -2.15. The minimum absolute atomic E-state index is 0.259. The first-order valence-electron chi connectivity index (χ1n) is 5.51. The van der Waals surface area contributed by atoms with Crippen molar-refractivity contribution in [3.8, 4) is 0 Å². The summed E-state index contributed by atoms with van der Waals surface area (Å²) in [6, 6.07) is 6.60. The number of hydrazine groups is 1. The molecule has 2 rings (SSSR count). The van der Waals surface area contributed by atoms with Crippen LogP contribution in [0, 0.1) is 19.7 Å². The van der Waals surface area contributed by atoms with Gasteiger partial charge in [0.25, 0.3) is 0 Å². The van der Waals surface area contributed by atoms with Crippen molar-refractivity contribution in [3.05, 3.63) is 55.4 Å². The van der Waals surface area contributed by atoms with Crippen LogP contribution in [0.1, 0.15) is 26.9 Å². The molecule has 0 saturated heterocycles. The molecule has 1 aromatic carbocycles. The maximum Gasteiger partial charge on any atom is 0.128 e. The Morgan fingerprint density at radius 1 is 1.33 bits per heavy atom. The average Bonchev–Trinajstić information content (AvgIpc) is 2.65. The highest BCUT2D eigenvalue weighted by molar-refractivity contribution is 9.10. The van der Waals surface area contributed by atoms with E-state index in [0.29, 0.717) is 5.56 Å². The Bertz CT molecular complexity index is 549. The standard InChI is InChI=1S/C13H14BrFN2S/c1-7-5-12(18-8(7)2)13(17-16)10-6-9(14)3-4-11(10)15/h3-6,13,17H,16H2,1-2H3. The maximum absolute atomic E-state index is 13.9. The summed E-state index contributed by atoms with van der Waals surface area (Å²) < 4.78 is 14.7. The fourth-order valence-corrected chi connectivity index (χ4v) is 3.31. The predicted octanol–water partition coefficient (Wildman–Crippen LogP) is 3.82. The molecule has 1 atom stereocenters. The van der Waals surface area contributed by atoms with Crippen molar-refractivity contribution >= 4 is 27.3 Å². The van der Waals surface area contributed by atoms with Crippen LogP contribution in [0.2, 0.25) is 0 Å². The molecule has 0 radical (unpaired) electrons. The highest BCUT2D eigenvalue weighted by Crippen LogP contribution is 2.32. The monoisotopic (exact) mass is 328 g/mol. The molecular weight excluding hydrogens is 315 g/mol. The van der Waals surface area contributed by atoms with Gasteiger partial charge < -0.3 is 0 Å². The minimum Gasteiger partial charge on any atom is -0.271 e. The lowest BCUT2D eigenvalue weighted by molar-refractivity contribution is 0.563. The molecule has 0 spiro atoms. The van der Waals surface area contributed by atoms with Gasteiger partial charge >= 0.3 is 0 Å². The topological polar surface area (TPSA) is 38.0 Å². The van der Waals surface area contributed by atoms with Crippen molar-refractivity contribution in [3.63, 3.8) is 0 Å². The largest absolute Gasteiger partial charge is 0.271 e. The third kappa shape index (κ3) is 2.64. The van der Waals surface area contributed by atoms with Crippen LogP contribution in [-0.2, 0) is 0 Å². The highest BCUT2D eigenvalue weighted by atomic mass is 79.9. The number of hydrogen-bond acceptors (Lipinski definition) is 3. The summed E-state index contributed by atoms with van der Waals surface area (Å²) in [6.45, 7) is 4.09. The molecule has 1 aromatic heterocycles. The van der Waals surface area contributed by atoms with E-state index >= 15 is 0 Å². The van der Waals surface area contributed by atoms with Gasteiger partial charge in [-0.3, -0.25) is 5.84 Å². The van der Waals surface area contributed by atoms with E-state index in [1.807, 2.05) is 19.9 Å². The van der Waals surface area contributed by atoms with E-state index in [1.54, 1.807) is 23.5 Å². The highest BCUT2D eigenvalue weighted by Gasteiger charge is 2.19. The van der Waals surface area contributed by atoms with E-state index < -0.39 is 0 Å². The molecule has 0 amide bonds. The Hall–Kier alpha value is -0.750. The Balaban J connectivity index is 2.48. The van der Waals surface area contributed by atoms with Crippen LogP contribution in [0.15, 0.2) is 28.7 Å². The van der Waals surface area contributed by atoms with E-state index in [9.17, 15) is 4.39 Å². The number of nitrogens with two attached hydrogens (primary N) is 1. The predicted molar refractivity (Wildman–Crippen MR) is 77.1 cm³/mol. The number of nitrogens with one attached hydrogen (secondary N) is 1. The van der Waals surface area contributed by atoms with Gasteiger partial charge in [0.1, 0.15) is 5.82 Å². The number of rotatable bonds is 3. The summed E-state index contributed by atoms with van der Waals surface area (Å²) in [5, 5.41) is 0. The van der Waals surface area contributed by atoms with E-state index in [1.165, 1.54) is 16.5 Å². The van der Waals surface area contributed by atoms with Crippen LogP contribution in [0.25, 0.3) is 0 Å². The van der Waals surface area contributed by atoms with Crippen molar-refractivity contribution in [2.24, 2.45) is 5.84 Å². The molecule has 1 unspecified atom stereocenters. The molecule has 96 valence electrons. The average molecular weight is 329 g/mol. The molecule has 18 heavy (non-hydrogen) atoms. The summed E-state index contributed by atoms with van der Waals surface area (Å²) in [7, 11) is 0. The zero-order valence-electron chi connectivity index (χ0n) is 10.1. The van der Waals surface area contributed by atoms with E-state index in [0.717, 1.165) is 9.35 Å². The third-order valence-electron chi connectivity index (χ3n) is 2.91. The van der Waals surface area contributed by atoms with Crippen LogP contribution in [-0.4, -0.2) is 0 Å². The summed E-state index contributed by atoms with van der Waals surface area (Å²) in [4.78, 5) is 2.24. The van der Waals surface area contributed by atoms with Gasteiger partial charge in [0.15, 0.2) is 0 Å². The number of thiophene rings is 1. The fraction of sp³-hybridized carbons (Fsp3) is 0.231. The molecule has 0 aliphatic rings. The first-order chi connectivity index (χ1) is 8.52. The lowest BCUT2D eigenvalue weighted by Crippen LogP contribution is -2.28. The van der Waals surface area contributed by atoms with Gasteiger partial charge in [-0.25, -0.2) is 9.82 Å². The molecule has 1 heterocycles. The molecule has 5 heteroatoms. The quantitative estimate of drug-likeness (QED) is 0.664. The van der Waals surface area contributed by atoms with Gasteiger partial charge in [0.05, 0.1) is 6.04 Å². The first-order valence-corrected chi connectivity index (χ1v) is 7.12. The van der Waals surface area contributed by atoms with Crippen LogP contribution in [0.4, 0.5) is 4.39 Å². The third-order valence-corrected chi connectivity index (χ3v) is 4.62. The second-order valence-corrected chi connectivity index (χ2v) is 6.36. The lowest BCUT2D eigenvalue weighted by atomic mass is 10.0. The fourth-order valence-electron chi connectivity index (χ4n) is 1.81. The van der Waals surface area contributed by atoms with Crippen molar-refractivity contribution in [1.82, 2.24) is 5.43 Å². The molecule has 0 saturated carbocycles. The van der Waals surface area contributed by atoms with E-state index in [-0.39, 0.29) is 11.9 Å². The zero-order chi connectivity index (χ0) is 13.3. The van der Waals surface area contributed by atoms with Gasteiger partial charge in [-0.2, -0.15) is 0 Å². The summed E-state index contributed by atoms with van der Waals surface area (Å²) in [5.74, 6) is 5.33. The molecule has 3 N–H and O–H groups in total. The summed E-state index contributed by atoms with van der Waals surface area (Å²) in [6.07, 6.45) is 0. The molecule has 2 aromatic rings. The van der Waals surface area contributed by atoms with Crippen LogP contribution >= 0.6 is 27.3 Å². The van der Waals surface area contributed by atoms with Crippen LogP contribution in [0.3, 0.4) is 0 Å². The van der Waals surface area contributed by atoms with Crippen molar-refractivity contribution < 1.29 is 4.39 Å². The normalized spacial score (nSPS) is 12.7. The van der Waals surface area contributed by atoms with E-state index in [4.69, 9.17) is 5.84 Å². The smallest absolute Gasteiger partial charge is 0.128 e. The zero-order valence-corrected chi connectivity index (χ0v) is 12.5. The summed E-state index contributed by atoms with van der Waals surface area (Å²) in [5.41, 5.74) is 4.44. The van der Waals surface area contributed by atoms with Gasteiger partial charge in [-0.1, -0.05) is 15.9 Å². The van der Waals surface area contributed by atoms with Crippen molar-refractivity contribution in [1.29, 1.82) is 0 Å².